The summed E-state index contributed by atoms with van der Waals surface area (Å²) in [6.45, 7) is 1.56. The number of rotatable bonds is 8. The highest BCUT2D eigenvalue weighted by Gasteiger charge is 2.34. The Morgan fingerprint density at radius 3 is 2.39 bits per heavy atom. The molecule has 2 aromatic carbocycles. The van der Waals surface area contributed by atoms with Gasteiger partial charge in [0.2, 0.25) is 15.9 Å². The van der Waals surface area contributed by atoms with E-state index in [0.717, 1.165) is 5.56 Å². The Kier molecular flexibility index (Phi) is 8.26. The van der Waals surface area contributed by atoms with Gasteiger partial charge >= 0.3 is 0 Å². The third-order valence-electron chi connectivity index (χ3n) is 5.34. The second-order valence-corrected chi connectivity index (χ2v) is 9.69. The van der Waals surface area contributed by atoms with E-state index in [1.165, 1.54) is 16.4 Å². The van der Waals surface area contributed by atoms with Gasteiger partial charge in [0.05, 0.1) is 11.5 Å². The van der Waals surface area contributed by atoms with Crippen molar-refractivity contribution >= 4 is 33.6 Å². The van der Waals surface area contributed by atoms with Gasteiger partial charge in [0, 0.05) is 43.9 Å². The van der Waals surface area contributed by atoms with Crippen LogP contribution in [0.15, 0.2) is 65.6 Å². The number of benzene rings is 2. The summed E-state index contributed by atoms with van der Waals surface area (Å²) in [7, 11) is -2.15. The number of hydrogen-bond donors (Lipinski definition) is 0. The molecular weight excluding hydrogens is 436 g/mol. The van der Waals surface area contributed by atoms with Gasteiger partial charge in [0.25, 0.3) is 0 Å². The van der Waals surface area contributed by atoms with E-state index in [9.17, 15) is 13.2 Å². The third-order valence-corrected chi connectivity index (χ3v) is 7.56. The van der Waals surface area contributed by atoms with Gasteiger partial charge in [0.15, 0.2) is 0 Å². The molecule has 0 aromatic heterocycles. The van der Waals surface area contributed by atoms with Crippen LogP contribution in [0.2, 0.25) is 5.02 Å². The molecule has 1 amide bonds. The van der Waals surface area contributed by atoms with Gasteiger partial charge in [-0.1, -0.05) is 41.9 Å². The van der Waals surface area contributed by atoms with E-state index in [1.54, 1.807) is 36.3 Å². The fourth-order valence-electron chi connectivity index (χ4n) is 3.63. The van der Waals surface area contributed by atoms with Crippen LogP contribution < -0.4 is 0 Å². The highest BCUT2D eigenvalue weighted by Crippen LogP contribution is 2.25. The monoisotopic (exact) mass is 462 g/mol. The highest BCUT2D eigenvalue weighted by molar-refractivity contribution is 7.89. The fraction of sp³-hybridized carbons (Fsp3) is 0.348. The summed E-state index contributed by atoms with van der Waals surface area (Å²) in [4.78, 5) is 14.5. The Bertz CT molecular complexity index is 986. The molecule has 1 aliphatic heterocycles. The minimum absolute atomic E-state index is 0.0636. The predicted molar refractivity (Wildman–Crippen MR) is 122 cm³/mol. The fourth-order valence-corrected chi connectivity index (χ4v) is 5.43. The van der Waals surface area contributed by atoms with Crippen molar-refractivity contribution in [2.24, 2.45) is 0 Å². The summed E-state index contributed by atoms with van der Waals surface area (Å²) in [6.07, 6.45) is 4.51. The van der Waals surface area contributed by atoms with Crippen molar-refractivity contribution in [3.05, 3.63) is 71.3 Å². The molecule has 1 fully saturated rings. The van der Waals surface area contributed by atoms with Gasteiger partial charge < -0.3 is 9.64 Å². The molecule has 2 aromatic rings. The quantitative estimate of drug-likeness (QED) is 0.561. The van der Waals surface area contributed by atoms with Crippen LogP contribution in [0.4, 0.5) is 0 Å². The first-order chi connectivity index (χ1) is 14.9. The lowest BCUT2D eigenvalue weighted by Crippen LogP contribution is -2.49. The van der Waals surface area contributed by atoms with E-state index in [4.69, 9.17) is 16.3 Å². The Labute approximate surface area is 189 Å². The number of ether oxygens (including phenoxy) is 1. The van der Waals surface area contributed by atoms with Crippen LogP contribution in [-0.2, 0) is 19.6 Å². The van der Waals surface area contributed by atoms with Crippen molar-refractivity contribution in [2.45, 2.75) is 23.8 Å². The first-order valence-corrected chi connectivity index (χ1v) is 12.0. The average molecular weight is 463 g/mol. The first kappa shape index (κ1) is 23.5. The standard InChI is InChI=1S/C23H27ClN2O4S/c1-30-18-17-26(31(28,29)22-10-8-20(24)9-11-22)21-13-15-25(16-14-21)23(27)12-7-19-5-3-2-4-6-19/h2-12,21H,13-18H2,1H3/b12-7+. The topological polar surface area (TPSA) is 66.9 Å². The molecule has 0 atom stereocenters. The predicted octanol–water partition coefficient (Wildman–Crippen LogP) is 3.68. The van der Waals surface area contributed by atoms with Gasteiger partial charge in [0.1, 0.15) is 0 Å². The molecule has 0 N–H and O–H groups in total. The summed E-state index contributed by atoms with van der Waals surface area (Å²) >= 11 is 5.91. The highest BCUT2D eigenvalue weighted by atomic mass is 35.5. The van der Waals surface area contributed by atoms with Crippen LogP contribution in [0.3, 0.4) is 0 Å². The van der Waals surface area contributed by atoms with E-state index < -0.39 is 10.0 Å². The van der Waals surface area contributed by atoms with Crippen molar-refractivity contribution < 1.29 is 17.9 Å². The molecule has 0 spiro atoms. The van der Waals surface area contributed by atoms with E-state index >= 15 is 0 Å². The number of carbonyl (C=O) groups is 1. The van der Waals surface area contributed by atoms with Crippen LogP contribution in [0.1, 0.15) is 18.4 Å². The Balaban J connectivity index is 1.67. The molecule has 0 saturated carbocycles. The maximum atomic E-state index is 13.3. The number of hydrogen-bond acceptors (Lipinski definition) is 4. The van der Waals surface area contributed by atoms with E-state index in [0.29, 0.717) is 37.6 Å². The van der Waals surface area contributed by atoms with E-state index in [2.05, 4.69) is 0 Å². The molecule has 31 heavy (non-hydrogen) atoms. The number of nitrogens with zero attached hydrogens (tertiary/aromatic N) is 2. The summed E-state index contributed by atoms with van der Waals surface area (Å²) in [5.74, 6) is -0.0636. The minimum atomic E-state index is -3.70. The number of likely N-dealkylation sites (tertiary alicyclic amines) is 1. The number of amides is 1. The lowest BCUT2D eigenvalue weighted by molar-refractivity contribution is -0.127. The zero-order valence-electron chi connectivity index (χ0n) is 17.5. The lowest BCUT2D eigenvalue weighted by atomic mass is 10.0. The molecule has 166 valence electrons. The van der Waals surface area contributed by atoms with Crippen molar-refractivity contribution in [3.8, 4) is 0 Å². The molecule has 3 rings (SSSR count). The number of halogens is 1. The third kappa shape index (κ3) is 6.17. The summed E-state index contributed by atoms with van der Waals surface area (Å²) in [5, 5.41) is 0.484. The zero-order valence-corrected chi connectivity index (χ0v) is 19.1. The van der Waals surface area contributed by atoms with Crippen LogP contribution in [-0.4, -0.2) is 62.9 Å². The number of sulfonamides is 1. The van der Waals surface area contributed by atoms with Gasteiger partial charge in [-0.3, -0.25) is 4.79 Å². The second-order valence-electron chi connectivity index (χ2n) is 7.36. The normalized spacial score (nSPS) is 15.6. The Hall–Kier alpha value is -2.19. The number of piperidine rings is 1. The molecule has 0 radical (unpaired) electrons. The summed E-state index contributed by atoms with van der Waals surface area (Å²) < 4.78 is 33.2. The summed E-state index contributed by atoms with van der Waals surface area (Å²) in [6, 6.07) is 15.6. The maximum Gasteiger partial charge on any atom is 0.246 e. The van der Waals surface area contributed by atoms with Gasteiger partial charge in [-0.15, -0.1) is 0 Å². The van der Waals surface area contributed by atoms with Gasteiger partial charge in [-0.05, 0) is 48.7 Å². The second kappa shape index (κ2) is 10.9. The van der Waals surface area contributed by atoms with Crippen molar-refractivity contribution in [1.29, 1.82) is 0 Å². The minimum Gasteiger partial charge on any atom is -0.383 e. The zero-order chi connectivity index (χ0) is 22.3. The maximum absolute atomic E-state index is 13.3. The molecule has 0 unspecified atom stereocenters. The molecule has 8 heteroatoms. The first-order valence-electron chi connectivity index (χ1n) is 10.2. The lowest BCUT2D eigenvalue weighted by Gasteiger charge is -2.37. The van der Waals surface area contributed by atoms with Crippen molar-refractivity contribution in [1.82, 2.24) is 9.21 Å². The Morgan fingerprint density at radius 1 is 1.13 bits per heavy atom. The smallest absolute Gasteiger partial charge is 0.246 e. The van der Waals surface area contributed by atoms with Crippen molar-refractivity contribution in [3.63, 3.8) is 0 Å². The molecule has 6 nitrogen and oxygen atoms in total. The molecule has 1 aliphatic rings. The number of methoxy groups -OCH3 is 1. The van der Waals surface area contributed by atoms with Crippen molar-refractivity contribution in [2.75, 3.05) is 33.4 Å². The van der Waals surface area contributed by atoms with Gasteiger partial charge in [-0.25, -0.2) is 8.42 Å². The van der Waals surface area contributed by atoms with Crippen LogP contribution >= 0.6 is 11.6 Å². The molecule has 1 saturated heterocycles. The summed E-state index contributed by atoms with van der Waals surface area (Å²) in [5.41, 5.74) is 0.963. The molecule has 0 aliphatic carbocycles. The van der Waals surface area contributed by atoms with Crippen LogP contribution in [0.5, 0.6) is 0 Å². The van der Waals surface area contributed by atoms with E-state index in [1.807, 2.05) is 30.3 Å². The van der Waals surface area contributed by atoms with E-state index in [-0.39, 0.29) is 23.4 Å². The molecular formula is C23H27ClN2O4S. The van der Waals surface area contributed by atoms with Crippen LogP contribution in [0, 0.1) is 0 Å². The van der Waals surface area contributed by atoms with Gasteiger partial charge in [-0.2, -0.15) is 4.31 Å². The largest absolute Gasteiger partial charge is 0.383 e. The van der Waals surface area contributed by atoms with Crippen LogP contribution in [0.25, 0.3) is 6.08 Å². The number of carbonyl (C=O) groups excluding carboxylic acids is 1. The Morgan fingerprint density at radius 2 is 1.77 bits per heavy atom. The molecule has 1 heterocycles. The average Bonchev–Trinajstić information content (AvgIpc) is 2.79. The SMILES string of the molecule is COCCN(C1CCN(C(=O)/C=C/c2ccccc2)CC1)S(=O)(=O)c1ccc(Cl)cc1. The molecule has 0 bridgehead atoms.